The number of hydrogen-bond acceptors (Lipinski definition) is 1. The molecule has 0 saturated heterocycles. The highest BCUT2D eigenvalue weighted by Crippen LogP contribution is 2.19. The zero-order chi connectivity index (χ0) is 9.30. The third-order valence-electron chi connectivity index (χ3n) is 1.54. The molecule has 0 aliphatic rings. The minimum atomic E-state index is -1.38. The molecule has 1 rings (SSSR count). The van der Waals surface area contributed by atoms with Gasteiger partial charge in [0, 0.05) is 0 Å². The van der Waals surface area contributed by atoms with Crippen LogP contribution >= 0.6 is 0 Å². The van der Waals surface area contributed by atoms with Crippen molar-refractivity contribution in [1.29, 1.82) is 0 Å². The average molecular weight is 175 g/mol. The number of hydrogen-bond donors (Lipinski definition) is 0. The fraction of sp³-hybridized carbons (Fsp3) is 0.375. The van der Waals surface area contributed by atoms with E-state index < -0.39 is 17.7 Å². The van der Waals surface area contributed by atoms with Crippen LogP contribution in [0, 0.1) is 17.7 Å². The van der Waals surface area contributed by atoms with Crippen LogP contribution in [0.25, 0.3) is 0 Å². The van der Waals surface area contributed by atoms with Crippen LogP contribution in [0.3, 0.4) is 0 Å². The van der Waals surface area contributed by atoms with Gasteiger partial charge in [0.1, 0.15) is 0 Å². The third-order valence-corrected chi connectivity index (χ3v) is 1.54. The molecule has 0 unspecified atom stereocenters. The Kier molecular flexibility index (Phi) is 2.35. The highest BCUT2D eigenvalue weighted by molar-refractivity contribution is 5.18. The van der Waals surface area contributed by atoms with Crippen molar-refractivity contribution in [1.82, 2.24) is 4.98 Å². The second kappa shape index (κ2) is 3.13. The minimum Gasteiger partial charge on any atom is -0.202 e. The summed E-state index contributed by atoms with van der Waals surface area (Å²) in [4.78, 5) is 2.71. The van der Waals surface area contributed by atoms with Crippen LogP contribution in [0.4, 0.5) is 13.2 Å². The Morgan fingerprint density at radius 1 is 1.25 bits per heavy atom. The molecule has 0 atom stereocenters. The molecule has 0 fully saturated rings. The summed E-state index contributed by atoms with van der Waals surface area (Å²) in [6.07, 6.45) is 0. The van der Waals surface area contributed by atoms with Gasteiger partial charge in [0.25, 0.3) is 5.95 Å². The van der Waals surface area contributed by atoms with Crippen molar-refractivity contribution in [2.45, 2.75) is 19.8 Å². The van der Waals surface area contributed by atoms with E-state index in [9.17, 15) is 13.2 Å². The molecule has 1 aromatic rings. The van der Waals surface area contributed by atoms with Crippen molar-refractivity contribution in [2.24, 2.45) is 0 Å². The van der Waals surface area contributed by atoms with Gasteiger partial charge in [-0.1, -0.05) is 13.8 Å². The highest BCUT2D eigenvalue weighted by Gasteiger charge is 2.14. The largest absolute Gasteiger partial charge is 0.251 e. The summed E-state index contributed by atoms with van der Waals surface area (Å²) >= 11 is 0. The summed E-state index contributed by atoms with van der Waals surface area (Å²) < 4.78 is 37.8. The van der Waals surface area contributed by atoms with Crippen molar-refractivity contribution in [3.63, 3.8) is 0 Å². The van der Waals surface area contributed by atoms with E-state index in [1.807, 2.05) is 0 Å². The molecule has 12 heavy (non-hydrogen) atoms. The molecule has 1 aromatic heterocycles. The first-order valence-electron chi connectivity index (χ1n) is 3.53. The lowest BCUT2D eigenvalue weighted by Crippen LogP contribution is -2.01. The van der Waals surface area contributed by atoms with Gasteiger partial charge >= 0.3 is 0 Å². The minimum absolute atomic E-state index is 0.0139. The second-order valence-electron chi connectivity index (χ2n) is 2.79. The maximum absolute atomic E-state index is 12.8. The molecule has 0 bridgehead atoms. The van der Waals surface area contributed by atoms with Crippen LogP contribution in [-0.2, 0) is 0 Å². The number of rotatable bonds is 1. The fourth-order valence-electron chi connectivity index (χ4n) is 0.906. The quantitative estimate of drug-likeness (QED) is 0.598. The predicted octanol–water partition coefficient (Wildman–Crippen LogP) is 2.62. The van der Waals surface area contributed by atoms with Crippen molar-refractivity contribution in [2.75, 3.05) is 0 Å². The van der Waals surface area contributed by atoms with Gasteiger partial charge in [0.05, 0.1) is 0 Å². The van der Waals surface area contributed by atoms with Crippen LogP contribution in [-0.4, -0.2) is 4.98 Å². The van der Waals surface area contributed by atoms with Gasteiger partial charge in [0.2, 0.25) is 5.95 Å². The maximum atomic E-state index is 12.8. The van der Waals surface area contributed by atoms with Crippen molar-refractivity contribution in [3.05, 3.63) is 29.3 Å². The molecule has 0 N–H and O–H groups in total. The lowest BCUT2D eigenvalue weighted by Gasteiger charge is -2.06. The summed E-state index contributed by atoms with van der Waals surface area (Å²) in [6, 6.07) is 0.906. The van der Waals surface area contributed by atoms with Crippen molar-refractivity contribution < 1.29 is 13.2 Å². The van der Waals surface area contributed by atoms with Crippen molar-refractivity contribution in [3.8, 4) is 0 Å². The molecule has 1 heterocycles. The summed E-state index contributed by atoms with van der Waals surface area (Å²) in [6.45, 7) is 3.30. The first-order chi connectivity index (χ1) is 5.52. The Balaban J connectivity index is 3.28. The SMILES string of the molecule is CC(C)c1cc(F)nc(F)c1F. The molecule has 66 valence electrons. The van der Waals surface area contributed by atoms with Crippen molar-refractivity contribution >= 4 is 0 Å². The van der Waals surface area contributed by atoms with Gasteiger partial charge in [-0.05, 0) is 17.5 Å². The molecule has 0 amide bonds. The van der Waals surface area contributed by atoms with Gasteiger partial charge < -0.3 is 0 Å². The molecule has 0 aliphatic heterocycles. The number of nitrogens with zero attached hydrogens (tertiary/aromatic N) is 1. The first kappa shape index (κ1) is 9.03. The van der Waals surface area contributed by atoms with E-state index in [1.54, 1.807) is 13.8 Å². The molecule has 0 spiro atoms. The monoisotopic (exact) mass is 175 g/mol. The van der Waals surface area contributed by atoms with Crippen LogP contribution in [0.1, 0.15) is 25.3 Å². The van der Waals surface area contributed by atoms with E-state index in [0.717, 1.165) is 6.07 Å². The number of pyridine rings is 1. The number of halogens is 3. The Morgan fingerprint density at radius 2 is 1.83 bits per heavy atom. The van der Waals surface area contributed by atoms with Gasteiger partial charge in [-0.2, -0.15) is 13.8 Å². The van der Waals surface area contributed by atoms with Crippen LogP contribution in [0.5, 0.6) is 0 Å². The summed E-state index contributed by atoms with van der Waals surface area (Å²) in [7, 11) is 0. The van der Waals surface area contributed by atoms with E-state index in [2.05, 4.69) is 4.98 Å². The number of aromatic nitrogens is 1. The topological polar surface area (TPSA) is 12.9 Å². The molecule has 0 aromatic carbocycles. The lowest BCUT2D eigenvalue weighted by atomic mass is 10.0. The Morgan fingerprint density at radius 3 is 2.33 bits per heavy atom. The molecular formula is C8H8F3N. The predicted molar refractivity (Wildman–Crippen MR) is 38.2 cm³/mol. The van der Waals surface area contributed by atoms with Crippen LogP contribution < -0.4 is 0 Å². The van der Waals surface area contributed by atoms with E-state index >= 15 is 0 Å². The van der Waals surface area contributed by atoms with E-state index in [-0.39, 0.29) is 11.5 Å². The second-order valence-corrected chi connectivity index (χ2v) is 2.79. The zero-order valence-corrected chi connectivity index (χ0v) is 6.74. The maximum Gasteiger partial charge on any atom is 0.251 e. The standard InChI is InChI=1S/C8H8F3N/c1-4(2)5-3-6(9)12-8(11)7(5)10/h3-4H,1-2H3. The van der Waals surface area contributed by atoms with Gasteiger partial charge in [-0.3, -0.25) is 0 Å². The Labute approximate surface area is 68.2 Å². The van der Waals surface area contributed by atoms with Gasteiger partial charge in [-0.15, -0.1) is 0 Å². The van der Waals surface area contributed by atoms with Crippen LogP contribution in [0.2, 0.25) is 0 Å². The summed E-state index contributed by atoms with van der Waals surface area (Å²) in [5.74, 6) is -3.68. The average Bonchev–Trinajstić information content (AvgIpc) is 1.96. The van der Waals surface area contributed by atoms with E-state index in [4.69, 9.17) is 0 Å². The highest BCUT2D eigenvalue weighted by atomic mass is 19.2. The zero-order valence-electron chi connectivity index (χ0n) is 6.74. The third kappa shape index (κ3) is 1.57. The molecule has 0 aliphatic carbocycles. The smallest absolute Gasteiger partial charge is 0.202 e. The van der Waals surface area contributed by atoms with E-state index in [1.165, 1.54) is 0 Å². The molecular weight excluding hydrogens is 167 g/mol. The van der Waals surface area contributed by atoms with Crippen LogP contribution in [0.15, 0.2) is 6.07 Å². The molecule has 1 nitrogen and oxygen atoms in total. The molecule has 0 saturated carbocycles. The molecule has 0 radical (unpaired) electrons. The fourth-order valence-corrected chi connectivity index (χ4v) is 0.906. The summed E-state index contributed by atoms with van der Waals surface area (Å²) in [5, 5.41) is 0. The van der Waals surface area contributed by atoms with E-state index in [0.29, 0.717) is 0 Å². The lowest BCUT2D eigenvalue weighted by molar-refractivity contribution is 0.435. The van der Waals surface area contributed by atoms with Gasteiger partial charge in [-0.25, -0.2) is 4.39 Å². The molecule has 4 heteroatoms. The Hall–Kier alpha value is -1.06. The summed E-state index contributed by atoms with van der Waals surface area (Å²) in [5.41, 5.74) is 0.0139. The Bertz CT molecular complexity index is 297. The first-order valence-corrected chi connectivity index (χ1v) is 3.53. The van der Waals surface area contributed by atoms with Gasteiger partial charge in [0.15, 0.2) is 5.82 Å². The normalized spacial score (nSPS) is 10.8.